The van der Waals surface area contributed by atoms with E-state index in [2.05, 4.69) is 10.1 Å². The average molecular weight is 216 g/mol. The van der Waals surface area contributed by atoms with Crippen LogP contribution in [0.15, 0.2) is 30.7 Å². The molecular formula is C10H8N4O2. The van der Waals surface area contributed by atoms with Crippen LogP contribution >= 0.6 is 0 Å². The summed E-state index contributed by atoms with van der Waals surface area (Å²) in [5.74, 6) is -0.208. The van der Waals surface area contributed by atoms with E-state index in [0.717, 1.165) is 0 Å². The number of primary amides is 1. The van der Waals surface area contributed by atoms with Gasteiger partial charge in [-0.15, -0.1) is 0 Å². The van der Waals surface area contributed by atoms with Gasteiger partial charge in [0.2, 0.25) is 0 Å². The molecule has 0 unspecified atom stereocenters. The number of pyridine rings is 1. The van der Waals surface area contributed by atoms with E-state index >= 15 is 0 Å². The molecule has 2 rings (SSSR count). The van der Waals surface area contributed by atoms with E-state index in [1.165, 1.54) is 23.3 Å². The van der Waals surface area contributed by atoms with Crippen molar-refractivity contribution in [3.05, 3.63) is 41.9 Å². The largest absolute Gasteiger partial charge is 0.366 e. The summed E-state index contributed by atoms with van der Waals surface area (Å²) in [6.07, 6.45) is 4.96. The lowest BCUT2D eigenvalue weighted by atomic mass is 10.3. The standard InChI is InChI=1S/C10H8N4O2/c11-9(16)8-4-13-14(5-8)10-7(6-15)2-1-3-12-10/h1-6H,(H2,11,16). The second kappa shape index (κ2) is 3.93. The number of aldehydes is 1. The zero-order chi connectivity index (χ0) is 11.5. The van der Waals surface area contributed by atoms with Gasteiger partial charge in [0.1, 0.15) is 0 Å². The maximum absolute atomic E-state index is 10.9. The Labute approximate surface area is 90.7 Å². The highest BCUT2D eigenvalue weighted by molar-refractivity contribution is 5.92. The molecule has 0 radical (unpaired) electrons. The molecular weight excluding hydrogens is 208 g/mol. The molecule has 0 atom stereocenters. The van der Waals surface area contributed by atoms with Crippen molar-refractivity contribution >= 4 is 12.2 Å². The Morgan fingerprint density at radius 3 is 2.94 bits per heavy atom. The van der Waals surface area contributed by atoms with Crippen molar-refractivity contribution in [2.24, 2.45) is 5.73 Å². The van der Waals surface area contributed by atoms with Crippen LogP contribution in [0.2, 0.25) is 0 Å². The second-order valence-electron chi connectivity index (χ2n) is 3.07. The summed E-state index contributed by atoms with van der Waals surface area (Å²) in [6, 6.07) is 3.26. The lowest BCUT2D eigenvalue weighted by molar-refractivity contribution is 0.1000. The molecule has 0 aliphatic heterocycles. The van der Waals surface area contributed by atoms with Crippen LogP contribution in [0, 0.1) is 0 Å². The molecule has 1 amide bonds. The predicted molar refractivity (Wildman–Crippen MR) is 55.3 cm³/mol. The molecule has 2 N–H and O–H groups in total. The van der Waals surface area contributed by atoms with Gasteiger partial charge in [-0.1, -0.05) is 0 Å². The van der Waals surface area contributed by atoms with Gasteiger partial charge in [-0.05, 0) is 12.1 Å². The molecule has 2 aromatic rings. The van der Waals surface area contributed by atoms with Crippen molar-refractivity contribution in [1.29, 1.82) is 0 Å². The Morgan fingerprint density at radius 2 is 2.31 bits per heavy atom. The highest BCUT2D eigenvalue weighted by Gasteiger charge is 2.09. The molecule has 0 aromatic carbocycles. The molecule has 80 valence electrons. The third-order valence-electron chi connectivity index (χ3n) is 2.03. The minimum Gasteiger partial charge on any atom is -0.366 e. The second-order valence-corrected chi connectivity index (χ2v) is 3.07. The molecule has 0 saturated carbocycles. The summed E-state index contributed by atoms with van der Waals surface area (Å²) in [5, 5.41) is 3.91. The Kier molecular flexibility index (Phi) is 2.47. The zero-order valence-corrected chi connectivity index (χ0v) is 8.20. The lowest BCUT2D eigenvalue weighted by Gasteiger charge is -2.01. The Bertz CT molecular complexity index is 547. The van der Waals surface area contributed by atoms with Gasteiger partial charge in [-0.3, -0.25) is 9.59 Å². The molecule has 2 aromatic heterocycles. The fraction of sp³-hybridized carbons (Fsp3) is 0. The quantitative estimate of drug-likeness (QED) is 0.741. The van der Waals surface area contributed by atoms with Gasteiger partial charge in [-0.2, -0.15) is 5.10 Å². The van der Waals surface area contributed by atoms with Crippen LogP contribution in [0.5, 0.6) is 0 Å². The molecule has 0 spiro atoms. The van der Waals surface area contributed by atoms with E-state index in [4.69, 9.17) is 5.73 Å². The minimum atomic E-state index is -0.574. The summed E-state index contributed by atoms with van der Waals surface area (Å²) >= 11 is 0. The van der Waals surface area contributed by atoms with Gasteiger partial charge < -0.3 is 5.73 Å². The summed E-state index contributed by atoms with van der Waals surface area (Å²) in [4.78, 5) is 25.7. The zero-order valence-electron chi connectivity index (χ0n) is 8.20. The van der Waals surface area contributed by atoms with Crippen LogP contribution in [-0.2, 0) is 0 Å². The van der Waals surface area contributed by atoms with Crippen molar-refractivity contribution in [2.75, 3.05) is 0 Å². The first-order valence-electron chi connectivity index (χ1n) is 4.47. The monoisotopic (exact) mass is 216 g/mol. The summed E-state index contributed by atoms with van der Waals surface area (Å²) in [6.45, 7) is 0. The molecule has 0 bridgehead atoms. The molecule has 6 nitrogen and oxygen atoms in total. The first-order valence-corrected chi connectivity index (χ1v) is 4.47. The smallest absolute Gasteiger partial charge is 0.251 e. The van der Waals surface area contributed by atoms with Crippen molar-refractivity contribution in [1.82, 2.24) is 14.8 Å². The number of nitrogens with zero attached hydrogens (tertiary/aromatic N) is 3. The molecule has 16 heavy (non-hydrogen) atoms. The van der Waals surface area contributed by atoms with Crippen molar-refractivity contribution in [3.63, 3.8) is 0 Å². The number of hydrogen-bond acceptors (Lipinski definition) is 4. The normalized spacial score (nSPS) is 10.0. The fourth-order valence-electron chi connectivity index (χ4n) is 1.26. The van der Waals surface area contributed by atoms with E-state index < -0.39 is 5.91 Å². The van der Waals surface area contributed by atoms with E-state index in [1.54, 1.807) is 12.1 Å². The summed E-state index contributed by atoms with van der Waals surface area (Å²) in [7, 11) is 0. The predicted octanol–water partition coefficient (Wildman–Crippen LogP) is 0.179. The number of aromatic nitrogens is 3. The van der Waals surface area contributed by atoms with Crippen LogP contribution in [0.4, 0.5) is 0 Å². The van der Waals surface area contributed by atoms with E-state index in [1.807, 2.05) is 0 Å². The molecule has 6 heteroatoms. The van der Waals surface area contributed by atoms with Crippen molar-refractivity contribution < 1.29 is 9.59 Å². The van der Waals surface area contributed by atoms with Gasteiger partial charge in [0.15, 0.2) is 12.1 Å². The van der Waals surface area contributed by atoms with Gasteiger partial charge in [0, 0.05) is 12.4 Å². The van der Waals surface area contributed by atoms with Crippen LogP contribution in [0.25, 0.3) is 5.82 Å². The minimum absolute atomic E-state index is 0.266. The Morgan fingerprint density at radius 1 is 1.50 bits per heavy atom. The third kappa shape index (κ3) is 1.68. The van der Waals surface area contributed by atoms with E-state index in [9.17, 15) is 9.59 Å². The molecule has 2 heterocycles. The van der Waals surface area contributed by atoms with Gasteiger partial charge in [-0.25, -0.2) is 9.67 Å². The van der Waals surface area contributed by atoms with Gasteiger partial charge in [0.25, 0.3) is 5.91 Å². The lowest BCUT2D eigenvalue weighted by Crippen LogP contribution is -2.09. The number of hydrogen-bond donors (Lipinski definition) is 1. The Balaban J connectivity index is 2.50. The summed E-state index contributed by atoms with van der Waals surface area (Å²) in [5.41, 5.74) is 5.75. The maximum Gasteiger partial charge on any atom is 0.251 e. The average Bonchev–Trinajstić information content (AvgIpc) is 2.78. The van der Waals surface area contributed by atoms with Crippen LogP contribution < -0.4 is 5.73 Å². The molecule has 0 fully saturated rings. The third-order valence-corrected chi connectivity index (χ3v) is 2.03. The highest BCUT2D eigenvalue weighted by atomic mass is 16.1. The first kappa shape index (κ1) is 10.0. The highest BCUT2D eigenvalue weighted by Crippen LogP contribution is 2.09. The SMILES string of the molecule is NC(=O)c1cnn(-c2ncccc2C=O)c1. The van der Waals surface area contributed by atoms with Crippen LogP contribution in [0.3, 0.4) is 0 Å². The fourth-order valence-corrected chi connectivity index (χ4v) is 1.26. The van der Waals surface area contributed by atoms with Gasteiger partial charge >= 0.3 is 0 Å². The molecule has 0 aliphatic carbocycles. The van der Waals surface area contributed by atoms with Crippen LogP contribution in [0.1, 0.15) is 20.7 Å². The van der Waals surface area contributed by atoms with Crippen molar-refractivity contribution in [2.45, 2.75) is 0 Å². The molecule has 0 aliphatic rings. The number of rotatable bonds is 3. The summed E-state index contributed by atoms with van der Waals surface area (Å²) < 4.78 is 1.34. The van der Waals surface area contributed by atoms with Crippen molar-refractivity contribution in [3.8, 4) is 5.82 Å². The number of amides is 1. The number of carbonyl (C=O) groups excluding carboxylic acids is 2. The molecule has 0 saturated heterocycles. The number of carbonyl (C=O) groups is 2. The van der Waals surface area contributed by atoms with Crippen LogP contribution in [-0.4, -0.2) is 27.0 Å². The number of nitrogens with two attached hydrogens (primary N) is 1. The van der Waals surface area contributed by atoms with E-state index in [-0.39, 0.29) is 5.56 Å². The maximum atomic E-state index is 10.9. The van der Waals surface area contributed by atoms with E-state index in [0.29, 0.717) is 17.7 Å². The topological polar surface area (TPSA) is 90.9 Å². The Hall–Kier alpha value is -2.50. The first-order chi connectivity index (χ1) is 7.72. The van der Waals surface area contributed by atoms with Gasteiger partial charge in [0.05, 0.1) is 17.3 Å².